The Bertz CT molecular complexity index is 809. The second kappa shape index (κ2) is 9.38. The fraction of sp³-hybridized carbons (Fsp3) is 0.294. The van der Waals surface area contributed by atoms with Crippen LogP contribution in [0.2, 0.25) is 0 Å². The van der Waals surface area contributed by atoms with Crippen molar-refractivity contribution in [3.63, 3.8) is 0 Å². The molecule has 27 heavy (non-hydrogen) atoms. The summed E-state index contributed by atoms with van der Waals surface area (Å²) >= 11 is 6.37. The topological polar surface area (TPSA) is 119 Å². The molecule has 0 spiro atoms. The van der Waals surface area contributed by atoms with Gasteiger partial charge in [-0.2, -0.15) is 0 Å². The molecule has 0 unspecified atom stereocenters. The molecule has 10 heteroatoms. The van der Waals surface area contributed by atoms with Crippen molar-refractivity contribution in [2.75, 3.05) is 20.3 Å². The van der Waals surface area contributed by atoms with Gasteiger partial charge in [0.25, 0.3) is 11.8 Å². The number of hydrogen-bond acceptors (Lipinski definition) is 7. The number of carbonyl (C=O) groups is 3. The van der Waals surface area contributed by atoms with Gasteiger partial charge in [-0.25, -0.2) is 0 Å². The van der Waals surface area contributed by atoms with Crippen LogP contribution in [0.25, 0.3) is 6.08 Å². The first kappa shape index (κ1) is 20.7. The van der Waals surface area contributed by atoms with Crippen LogP contribution in [0.4, 0.5) is 0 Å². The first-order chi connectivity index (χ1) is 12.8. The molecule has 2 amide bonds. The highest BCUT2D eigenvalue weighted by Gasteiger charge is 2.31. The molecule has 1 fully saturated rings. The normalized spacial score (nSPS) is 15.3. The van der Waals surface area contributed by atoms with Crippen LogP contribution in [0.15, 0.2) is 23.1 Å². The molecule has 1 heterocycles. The number of thiocarbonyl (C=S) groups is 1. The summed E-state index contributed by atoms with van der Waals surface area (Å²) in [6.45, 7) is -0.0117. The summed E-state index contributed by atoms with van der Waals surface area (Å²) in [6.07, 6.45) is 1.96. The lowest BCUT2D eigenvalue weighted by Crippen LogP contribution is -2.29. The van der Waals surface area contributed by atoms with E-state index in [0.29, 0.717) is 32.7 Å². The summed E-state index contributed by atoms with van der Waals surface area (Å²) in [5, 5.41) is 8.71. The average Bonchev–Trinajstić information content (AvgIpc) is 2.87. The number of methoxy groups -OCH3 is 1. The Kier molecular flexibility index (Phi) is 7.19. The number of carboxylic acids is 1. The Morgan fingerprint density at radius 3 is 2.74 bits per heavy atom. The molecule has 0 atom stereocenters. The maximum absolute atomic E-state index is 12.5. The maximum atomic E-state index is 12.5. The van der Waals surface area contributed by atoms with E-state index in [1.165, 1.54) is 12.0 Å². The maximum Gasteiger partial charge on any atom is 0.303 e. The quantitative estimate of drug-likeness (QED) is 0.466. The summed E-state index contributed by atoms with van der Waals surface area (Å²) in [7, 11) is 1.46. The Morgan fingerprint density at radius 2 is 2.11 bits per heavy atom. The van der Waals surface area contributed by atoms with E-state index in [-0.39, 0.29) is 25.5 Å². The number of carboxylic acid groups (broad SMARTS) is 1. The van der Waals surface area contributed by atoms with E-state index in [4.69, 9.17) is 32.5 Å². The van der Waals surface area contributed by atoms with Crippen molar-refractivity contribution in [2.24, 2.45) is 5.73 Å². The summed E-state index contributed by atoms with van der Waals surface area (Å²) < 4.78 is 10.9. The third kappa shape index (κ3) is 5.69. The van der Waals surface area contributed by atoms with Gasteiger partial charge in [0.2, 0.25) is 0 Å². The zero-order valence-corrected chi connectivity index (χ0v) is 16.1. The van der Waals surface area contributed by atoms with E-state index in [2.05, 4.69) is 0 Å². The number of nitrogens with zero attached hydrogens (tertiary/aromatic N) is 1. The number of carbonyl (C=O) groups excluding carboxylic acids is 2. The molecule has 1 aromatic carbocycles. The SMILES string of the molecule is COc1cc(C=C2SC(=S)N(CCCC(=O)O)C2=O)ccc1OCC(N)=O. The first-order valence-corrected chi connectivity index (χ1v) is 9.10. The fourth-order valence-electron chi connectivity index (χ4n) is 2.27. The molecule has 0 aliphatic carbocycles. The number of rotatable bonds is 9. The number of aliphatic carboxylic acids is 1. The van der Waals surface area contributed by atoms with Crippen LogP contribution in [-0.4, -0.2) is 52.4 Å². The smallest absolute Gasteiger partial charge is 0.303 e. The summed E-state index contributed by atoms with van der Waals surface area (Å²) in [5.74, 6) is -1.03. The standard InChI is InChI=1S/C17H18N2O6S2/c1-24-12-7-10(4-5-11(12)25-9-14(18)20)8-13-16(23)19(17(26)27-13)6-2-3-15(21)22/h4-5,7-8H,2-3,6,9H2,1H3,(H2,18,20)(H,21,22). The molecule has 0 aromatic heterocycles. The molecule has 0 bridgehead atoms. The molecule has 1 aliphatic rings. The number of amides is 2. The number of thioether (sulfide) groups is 1. The monoisotopic (exact) mass is 410 g/mol. The van der Waals surface area contributed by atoms with Gasteiger partial charge in [-0.3, -0.25) is 19.3 Å². The lowest BCUT2D eigenvalue weighted by atomic mass is 10.2. The number of nitrogens with two attached hydrogens (primary N) is 1. The molecule has 2 rings (SSSR count). The van der Waals surface area contributed by atoms with Crippen molar-refractivity contribution in [1.29, 1.82) is 0 Å². The molecular weight excluding hydrogens is 392 g/mol. The van der Waals surface area contributed by atoms with E-state index >= 15 is 0 Å². The minimum atomic E-state index is -0.915. The third-order valence-corrected chi connectivity index (χ3v) is 4.88. The van der Waals surface area contributed by atoms with Crippen LogP contribution >= 0.6 is 24.0 Å². The van der Waals surface area contributed by atoms with E-state index in [9.17, 15) is 14.4 Å². The van der Waals surface area contributed by atoms with Crippen LogP contribution in [0.3, 0.4) is 0 Å². The summed E-state index contributed by atoms with van der Waals surface area (Å²) in [4.78, 5) is 35.8. The van der Waals surface area contributed by atoms with Crippen LogP contribution < -0.4 is 15.2 Å². The molecule has 3 N–H and O–H groups in total. The van der Waals surface area contributed by atoms with Crippen molar-refractivity contribution in [3.05, 3.63) is 28.7 Å². The summed E-state index contributed by atoms with van der Waals surface area (Å²) in [6, 6.07) is 4.98. The lowest BCUT2D eigenvalue weighted by Gasteiger charge is -2.13. The van der Waals surface area contributed by atoms with Gasteiger partial charge in [0.1, 0.15) is 4.32 Å². The predicted molar refractivity (Wildman–Crippen MR) is 104 cm³/mol. The van der Waals surface area contributed by atoms with E-state index in [1.807, 2.05) is 0 Å². The largest absolute Gasteiger partial charge is 0.493 e. The number of primary amides is 1. The predicted octanol–water partition coefficient (Wildman–Crippen LogP) is 1.63. The number of ether oxygens (including phenoxy) is 2. The van der Waals surface area contributed by atoms with Gasteiger partial charge in [0.05, 0.1) is 12.0 Å². The van der Waals surface area contributed by atoms with E-state index < -0.39 is 11.9 Å². The van der Waals surface area contributed by atoms with Gasteiger partial charge in [0, 0.05) is 13.0 Å². The molecule has 144 valence electrons. The molecule has 0 radical (unpaired) electrons. The Balaban J connectivity index is 2.13. The van der Waals surface area contributed by atoms with Crippen molar-refractivity contribution >= 4 is 52.2 Å². The highest BCUT2D eigenvalue weighted by molar-refractivity contribution is 8.26. The van der Waals surface area contributed by atoms with E-state index in [0.717, 1.165) is 11.8 Å². The average molecular weight is 410 g/mol. The minimum absolute atomic E-state index is 0.0277. The second-order valence-corrected chi connectivity index (χ2v) is 7.17. The van der Waals surface area contributed by atoms with Crippen molar-refractivity contribution < 1.29 is 29.0 Å². The highest BCUT2D eigenvalue weighted by atomic mass is 32.2. The van der Waals surface area contributed by atoms with Crippen molar-refractivity contribution in [2.45, 2.75) is 12.8 Å². The van der Waals surface area contributed by atoms with Gasteiger partial charge in [-0.05, 0) is 30.2 Å². The van der Waals surface area contributed by atoms with Gasteiger partial charge in [0.15, 0.2) is 18.1 Å². The lowest BCUT2D eigenvalue weighted by molar-refractivity contribution is -0.137. The van der Waals surface area contributed by atoms with Crippen LogP contribution in [0.1, 0.15) is 18.4 Å². The fourth-order valence-corrected chi connectivity index (χ4v) is 3.58. The molecule has 1 aliphatic heterocycles. The van der Waals surface area contributed by atoms with Gasteiger partial charge >= 0.3 is 5.97 Å². The number of hydrogen-bond donors (Lipinski definition) is 2. The highest BCUT2D eigenvalue weighted by Crippen LogP contribution is 2.34. The van der Waals surface area contributed by atoms with Gasteiger partial charge < -0.3 is 20.3 Å². The Hall–Kier alpha value is -2.59. The summed E-state index contributed by atoms with van der Waals surface area (Å²) in [5.41, 5.74) is 5.74. The molecular formula is C17H18N2O6S2. The molecule has 0 saturated carbocycles. The second-order valence-electron chi connectivity index (χ2n) is 5.50. The molecule has 1 saturated heterocycles. The minimum Gasteiger partial charge on any atom is -0.493 e. The van der Waals surface area contributed by atoms with Crippen LogP contribution in [-0.2, 0) is 14.4 Å². The van der Waals surface area contributed by atoms with Crippen LogP contribution in [0, 0.1) is 0 Å². The van der Waals surface area contributed by atoms with Crippen molar-refractivity contribution in [3.8, 4) is 11.5 Å². The first-order valence-electron chi connectivity index (χ1n) is 7.88. The van der Waals surface area contributed by atoms with Gasteiger partial charge in [-0.1, -0.05) is 30.0 Å². The van der Waals surface area contributed by atoms with E-state index in [1.54, 1.807) is 24.3 Å². The zero-order valence-electron chi connectivity index (χ0n) is 14.5. The molecule has 8 nitrogen and oxygen atoms in total. The van der Waals surface area contributed by atoms with Gasteiger partial charge in [-0.15, -0.1) is 0 Å². The van der Waals surface area contributed by atoms with Crippen molar-refractivity contribution in [1.82, 2.24) is 4.90 Å². The zero-order chi connectivity index (χ0) is 20.0. The Morgan fingerprint density at radius 1 is 1.37 bits per heavy atom. The third-order valence-electron chi connectivity index (χ3n) is 3.50. The number of benzene rings is 1. The Labute approximate surface area is 165 Å². The molecule has 1 aromatic rings. The van der Waals surface area contributed by atoms with Crippen LogP contribution in [0.5, 0.6) is 11.5 Å².